The summed E-state index contributed by atoms with van der Waals surface area (Å²) in [5, 5.41) is 0.236. The van der Waals surface area contributed by atoms with Crippen molar-refractivity contribution in [3.05, 3.63) is 22.7 Å². The van der Waals surface area contributed by atoms with Gasteiger partial charge in [0.25, 0.3) is 0 Å². The smallest absolute Gasteiger partial charge is 0.340 e. The number of rotatable bonds is 6. The predicted octanol–water partition coefficient (Wildman–Crippen LogP) is 3.02. The first-order valence-electron chi connectivity index (χ1n) is 6.29. The Hall–Kier alpha value is -0.920. The number of carbonyl (C=O) groups excluding carboxylic acids is 1. The molecule has 0 bridgehead atoms. The molecule has 0 saturated carbocycles. The van der Waals surface area contributed by atoms with Gasteiger partial charge in [-0.1, -0.05) is 11.6 Å². The summed E-state index contributed by atoms with van der Waals surface area (Å²) >= 11 is 7.68. The van der Waals surface area contributed by atoms with Gasteiger partial charge >= 0.3 is 5.97 Å². The number of halogens is 1. The zero-order valence-electron chi connectivity index (χ0n) is 12.3. The summed E-state index contributed by atoms with van der Waals surface area (Å²) in [6, 6.07) is 3.22. The minimum Gasteiger partial charge on any atom is -0.462 e. The van der Waals surface area contributed by atoms with Gasteiger partial charge in [-0.15, -0.1) is 11.8 Å². The quantitative estimate of drug-likeness (QED) is 0.582. The molecule has 0 aromatic heterocycles. The van der Waals surface area contributed by atoms with Gasteiger partial charge in [0.2, 0.25) is 10.0 Å². The van der Waals surface area contributed by atoms with E-state index in [0.717, 1.165) is 10.6 Å². The second-order valence-corrected chi connectivity index (χ2v) is 7.26. The second-order valence-electron chi connectivity index (χ2n) is 4.13. The van der Waals surface area contributed by atoms with Gasteiger partial charge in [-0.3, -0.25) is 4.31 Å². The molecular formula is C13H18ClNO4S2. The topological polar surface area (TPSA) is 63.7 Å². The molecule has 5 nitrogen and oxygen atoms in total. The average Bonchev–Trinajstić information content (AvgIpc) is 2.40. The lowest BCUT2D eigenvalue weighted by molar-refractivity contribution is 0.0527. The van der Waals surface area contributed by atoms with Crippen LogP contribution in [-0.4, -0.2) is 40.1 Å². The van der Waals surface area contributed by atoms with Crippen molar-refractivity contribution in [3.63, 3.8) is 0 Å². The molecule has 1 aromatic carbocycles. The molecule has 21 heavy (non-hydrogen) atoms. The van der Waals surface area contributed by atoms with Crippen molar-refractivity contribution >= 4 is 45.0 Å². The summed E-state index contributed by atoms with van der Waals surface area (Å²) in [4.78, 5) is 12.8. The van der Waals surface area contributed by atoms with E-state index in [4.69, 9.17) is 16.3 Å². The lowest BCUT2D eigenvalue weighted by Crippen LogP contribution is -2.31. The third kappa shape index (κ3) is 4.05. The van der Waals surface area contributed by atoms with Crippen LogP contribution >= 0.6 is 23.4 Å². The van der Waals surface area contributed by atoms with Gasteiger partial charge in [0, 0.05) is 11.4 Å². The number of anilines is 1. The number of esters is 1. The van der Waals surface area contributed by atoms with Gasteiger partial charge in [-0.05, 0) is 32.2 Å². The maximum atomic E-state index is 12.1. The Labute approximate surface area is 134 Å². The number of hydrogen-bond acceptors (Lipinski definition) is 5. The molecule has 0 fully saturated rings. The van der Waals surface area contributed by atoms with E-state index in [1.807, 2.05) is 6.26 Å². The van der Waals surface area contributed by atoms with Crippen molar-refractivity contribution < 1.29 is 17.9 Å². The predicted molar refractivity (Wildman–Crippen MR) is 87.1 cm³/mol. The summed E-state index contributed by atoms with van der Waals surface area (Å²) < 4.78 is 30.0. The van der Waals surface area contributed by atoms with Crippen LogP contribution in [0.15, 0.2) is 17.0 Å². The van der Waals surface area contributed by atoms with Crippen molar-refractivity contribution in [2.45, 2.75) is 18.7 Å². The van der Waals surface area contributed by atoms with Crippen LogP contribution in [0.25, 0.3) is 0 Å². The normalized spacial score (nSPS) is 11.3. The van der Waals surface area contributed by atoms with E-state index >= 15 is 0 Å². The monoisotopic (exact) mass is 351 g/mol. The fraction of sp³-hybridized carbons (Fsp3) is 0.462. The molecule has 0 aliphatic carbocycles. The Bertz CT molecular complexity index is 631. The number of hydrogen-bond donors (Lipinski definition) is 0. The van der Waals surface area contributed by atoms with Crippen LogP contribution in [0.3, 0.4) is 0 Å². The fourth-order valence-corrected chi connectivity index (χ4v) is 3.90. The highest BCUT2D eigenvalue weighted by Crippen LogP contribution is 2.38. The first-order valence-corrected chi connectivity index (χ1v) is 9.74. The van der Waals surface area contributed by atoms with Crippen molar-refractivity contribution in [2.24, 2.45) is 0 Å². The SMILES string of the molecule is CCOC(=O)c1ccc(SC)c(Cl)c1N(CC)S(C)(=O)=O. The molecule has 0 heterocycles. The van der Waals surface area contributed by atoms with Gasteiger partial charge in [0.1, 0.15) is 0 Å². The van der Waals surface area contributed by atoms with Gasteiger partial charge in [-0.2, -0.15) is 0 Å². The maximum Gasteiger partial charge on any atom is 0.340 e. The standard InChI is InChI=1S/C13H18ClNO4S2/c1-5-15(21(4,17)18)12-9(13(16)19-6-2)7-8-10(20-3)11(12)14/h7-8H,5-6H2,1-4H3. The molecular weight excluding hydrogens is 334 g/mol. The van der Waals surface area contributed by atoms with E-state index in [0.29, 0.717) is 4.90 Å². The number of carbonyl (C=O) groups is 1. The Balaban J connectivity index is 3.60. The van der Waals surface area contributed by atoms with Crippen LogP contribution in [0.1, 0.15) is 24.2 Å². The summed E-state index contributed by atoms with van der Waals surface area (Å²) in [6.07, 6.45) is 2.90. The highest BCUT2D eigenvalue weighted by Gasteiger charge is 2.26. The summed E-state index contributed by atoms with van der Waals surface area (Å²) in [5.41, 5.74) is 0.318. The molecule has 0 unspecified atom stereocenters. The minimum absolute atomic E-state index is 0.145. The van der Waals surface area contributed by atoms with E-state index in [-0.39, 0.29) is 29.4 Å². The average molecular weight is 352 g/mol. The fourth-order valence-electron chi connectivity index (χ4n) is 1.88. The first-order chi connectivity index (χ1) is 9.77. The molecule has 0 saturated heterocycles. The Morgan fingerprint density at radius 3 is 2.43 bits per heavy atom. The van der Waals surface area contributed by atoms with Gasteiger partial charge in [-0.25, -0.2) is 13.2 Å². The number of benzene rings is 1. The largest absolute Gasteiger partial charge is 0.462 e. The third-order valence-corrected chi connectivity index (χ3v) is 5.25. The molecule has 0 atom stereocenters. The molecule has 118 valence electrons. The highest BCUT2D eigenvalue weighted by atomic mass is 35.5. The molecule has 0 radical (unpaired) electrons. The summed E-state index contributed by atoms with van der Waals surface area (Å²) in [5.74, 6) is -0.593. The minimum atomic E-state index is -3.55. The van der Waals surface area contributed by atoms with Crippen molar-refractivity contribution in [3.8, 4) is 0 Å². The van der Waals surface area contributed by atoms with Crippen LogP contribution in [0.5, 0.6) is 0 Å². The number of thioether (sulfide) groups is 1. The van der Waals surface area contributed by atoms with Crippen molar-refractivity contribution in [1.29, 1.82) is 0 Å². The van der Waals surface area contributed by atoms with Crippen LogP contribution < -0.4 is 4.31 Å². The van der Waals surface area contributed by atoms with Gasteiger partial charge in [0.15, 0.2) is 0 Å². The molecule has 0 amide bonds. The van der Waals surface area contributed by atoms with Gasteiger partial charge < -0.3 is 4.74 Å². The van der Waals surface area contributed by atoms with E-state index < -0.39 is 16.0 Å². The molecule has 1 rings (SSSR count). The molecule has 0 aliphatic rings. The van der Waals surface area contributed by atoms with Crippen LogP contribution in [0.4, 0.5) is 5.69 Å². The Kier molecular flexibility index (Phi) is 6.37. The highest BCUT2D eigenvalue weighted by molar-refractivity contribution is 7.98. The summed E-state index contributed by atoms with van der Waals surface area (Å²) in [7, 11) is -3.55. The van der Waals surface area contributed by atoms with E-state index in [9.17, 15) is 13.2 Å². The molecule has 1 aromatic rings. The zero-order valence-corrected chi connectivity index (χ0v) is 14.7. The number of sulfonamides is 1. The van der Waals surface area contributed by atoms with Crippen molar-refractivity contribution in [2.75, 3.05) is 30.0 Å². The Morgan fingerprint density at radius 1 is 1.38 bits per heavy atom. The first kappa shape index (κ1) is 18.1. The van der Waals surface area contributed by atoms with E-state index in [2.05, 4.69) is 0 Å². The number of nitrogens with zero attached hydrogens (tertiary/aromatic N) is 1. The van der Waals surface area contributed by atoms with E-state index in [1.54, 1.807) is 26.0 Å². The second kappa shape index (κ2) is 7.38. The van der Waals surface area contributed by atoms with Crippen LogP contribution in [0.2, 0.25) is 5.02 Å². The number of ether oxygens (including phenoxy) is 1. The van der Waals surface area contributed by atoms with Crippen molar-refractivity contribution in [1.82, 2.24) is 0 Å². The molecule has 0 spiro atoms. The lowest BCUT2D eigenvalue weighted by Gasteiger charge is -2.24. The molecule has 8 heteroatoms. The molecule has 0 aliphatic heterocycles. The maximum absolute atomic E-state index is 12.1. The molecule has 0 N–H and O–H groups in total. The zero-order chi connectivity index (χ0) is 16.2. The van der Waals surface area contributed by atoms with Crippen LogP contribution in [-0.2, 0) is 14.8 Å². The third-order valence-electron chi connectivity index (χ3n) is 2.73. The van der Waals surface area contributed by atoms with E-state index in [1.165, 1.54) is 11.8 Å². The lowest BCUT2D eigenvalue weighted by atomic mass is 10.1. The summed E-state index contributed by atoms with van der Waals surface area (Å²) in [6.45, 7) is 3.73. The van der Waals surface area contributed by atoms with Crippen LogP contribution in [0, 0.1) is 0 Å². The Morgan fingerprint density at radius 2 is 2.00 bits per heavy atom. The van der Waals surface area contributed by atoms with Gasteiger partial charge in [0.05, 0.1) is 29.1 Å².